The van der Waals surface area contributed by atoms with Crippen LogP contribution in [-0.2, 0) is 14.3 Å². The highest BCUT2D eigenvalue weighted by Gasteiger charge is 2.18. The van der Waals surface area contributed by atoms with E-state index < -0.39 is 18.5 Å². The number of fused-ring (bicyclic) bond motifs is 1. The number of halogens is 1. The van der Waals surface area contributed by atoms with Crippen LogP contribution in [0.4, 0.5) is 11.4 Å². The largest absolute Gasteiger partial charge is 0.495 e. The summed E-state index contributed by atoms with van der Waals surface area (Å²) < 4.78 is 10.1. The Morgan fingerprint density at radius 1 is 1.26 bits per heavy atom. The highest BCUT2D eigenvalue weighted by molar-refractivity contribution is 8.00. The van der Waals surface area contributed by atoms with Crippen molar-refractivity contribution in [2.24, 2.45) is 0 Å². The van der Waals surface area contributed by atoms with Crippen molar-refractivity contribution in [2.45, 2.75) is 4.90 Å². The van der Waals surface area contributed by atoms with Crippen molar-refractivity contribution in [3.8, 4) is 5.75 Å². The van der Waals surface area contributed by atoms with Gasteiger partial charge in [0.1, 0.15) is 5.75 Å². The Labute approximate surface area is 164 Å². The average molecular weight is 407 g/mol. The molecule has 0 saturated heterocycles. The van der Waals surface area contributed by atoms with Gasteiger partial charge in [-0.25, -0.2) is 4.79 Å². The van der Waals surface area contributed by atoms with Crippen LogP contribution >= 0.6 is 23.4 Å². The summed E-state index contributed by atoms with van der Waals surface area (Å²) in [6.07, 6.45) is 0. The fraction of sp³-hybridized carbons (Fsp3) is 0.167. The second-order valence-electron chi connectivity index (χ2n) is 5.52. The van der Waals surface area contributed by atoms with E-state index in [1.54, 1.807) is 24.3 Å². The van der Waals surface area contributed by atoms with Gasteiger partial charge >= 0.3 is 5.97 Å². The van der Waals surface area contributed by atoms with Gasteiger partial charge in [0.05, 0.1) is 29.1 Å². The van der Waals surface area contributed by atoms with Crippen molar-refractivity contribution < 1.29 is 23.9 Å². The first-order chi connectivity index (χ1) is 13.0. The molecule has 1 aliphatic rings. The first-order valence-electron chi connectivity index (χ1n) is 7.83. The maximum Gasteiger partial charge on any atom is 0.338 e. The van der Waals surface area contributed by atoms with Gasteiger partial charge < -0.3 is 20.1 Å². The molecule has 0 spiro atoms. The predicted molar refractivity (Wildman–Crippen MR) is 103 cm³/mol. The summed E-state index contributed by atoms with van der Waals surface area (Å²) in [6.45, 7) is -0.458. The van der Waals surface area contributed by atoms with E-state index in [0.717, 1.165) is 4.90 Å². The number of amides is 2. The topological polar surface area (TPSA) is 93.7 Å². The molecule has 140 valence electrons. The van der Waals surface area contributed by atoms with Gasteiger partial charge in [-0.2, -0.15) is 0 Å². The quantitative estimate of drug-likeness (QED) is 0.740. The molecule has 2 aromatic carbocycles. The summed E-state index contributed by atoms with van der Waals surface area (Å²) >= 11 is 7.39. The number of methoxy groups -OCH3 is 1. The van der Waals surface area contributed by atoms with Crippen LogP contribution in [0.3, 0.4) is 0 Å². The minimum absolute atomic E-state index is 0.129. The molecule has 7 nitrogen and oxygen atoms in total. The van der Waals surface area contributed by atoms with E-state index in [-0.39, 0.29) is 11.5 Å². The number of nitrogens with one attached hydrogen (secondary N) is 2. The van der Waals surface area contributed by atoms with Gasteiger partial charge in [-0.05, 0) is 36.4 Å². The van der Waals surface area contributed by atoms with Crippen molar-refractivity contribution in [1.29, 1.82) is 0 Å². The summed E-state index contributed by atoms with van der Waals surface area (Å²) in [7, 11) is 1.49. The van der Waals surface area contributed by atoms with Crippen molar-refractivity contribution in [3.63, 3.8) is 0 Å². The van der Waals surface area contributed by atoms with E-state index in [1.165, 1.54) is 31.0 Å². The SMILES string of the molecule is COc1ccc(NC(=O)COC(=O)c2ccc3c(c2)NC(=O)CS3)cc1Cl. The van der Waals surface area contributed by atoms with Crippen LogP contribution in [0.25, 0.3) is 0 Å². The van der Waals surface area contributed by atoms with Gasteiger partial charge in [0, 0.05) is 10.6 Å². The summed E-state index contributed by atoms with van der Waals surface area (Å²) in [5.74, 6) is -0.474. The van der Waals surface area contributed by atoms with Crippen molar-refractivity contribution >= 4 is 52.5 Å². The molecule has 9 heteroatoms. The minimum atomic E-state index is -0.662. The molecular formula is C18H15ClN2O5S. The number of rotatable bonds is 5. The smallest absolute Gasteiger partial charge is 0.338 e. The molecule has 3 rings (SSSR count). The van der Waals surface area contributed by atoms with E-state index in [1.807, 2.05) is 0 Å². The molecule has 1 aliphatic heterocycles. The summed E-state index contributed by atoms with van der Waals surface area (Å²) in [5, 5.41) is 5.63. The summed E-state index contributed by atoms with van der Waals surface area (Å²) in [4.78, 5) is 36.4. The van der Waals surface area contributed by atoms with Crippen LogP contribution in [0.1, 0.15) is 10.4 Å². The fourth-order valence-electron chi connectivity index (χ4n) is 2.37. The normalized spacial score (nSPS) is 12.6. The van der Waals surface area contributed by atoms with Crippen molar-refractivity contribution in [2.75, 3.05) is 30.1 Å². The van der Waals surface area contributed by atoms with Crippen LogP contribution in [0, 0.1) is 0 Å². The number of thioether (sulfide) groups is 1. The Morgan fingerprint density at radius 3 is 2.81 bits per heavy atom. The lowest BCUT2D eigenvalue weighted by atomic mass is 10.2. The number of carbonyl (C=O) groups is 3. The molecule has 2 aromatic rings. The summed E-state index contributed by atoms with van der Waals surface area (Å²) in [6, 6.07) is 9.62. The molecule has 0 unspecified atom stereocenters. The fourth-order valence-corrected chi connectivity index (χ4v) is 3.41. The predicted octanol–water partition coefficient (Wildman–Crippen LogP) is 3.19. The van der Waals surface area contributed by atoms with E-state index in [9.17, 15) is 14.4 Å². The minimum Gasteiger partial charge on any atom is -0.495 e. The third-order valence-corrected chi connectivity index (χ3v) is 4.99. The first kappa shape index (κ1) is 19.1. The monoisotopic (exact) mass is 406 g/mol. The number of anilines is 2. The zero-order chi connectivity index (χ0) is 19.4. The number of hydrogen-bond acceptors (Lipinski definition) is 6. The van der Waals surface area contributed by atoms with Gasteiger partial charge in [0.15, 0.2) is 6.61 Å². The molecule has 27 heavy (non-hydrogen) atoms. The molecule has 0 bridgehead atoms. The highest BCUT2D eigenvalue weighted by atomic mass is 35.5. The molecule has 0 saturated carbocycles. The van der Waals surface area contributed by atoms with E-state index in [2.05, 4.69) is 10.6 Å². The van der Waals surface area contributed by atoms with Crippen LogP contribution in [0.2, 0.25) is 5.02 Å². The zero-order valence-electron chi connectivity index (χ0n) is 14.2. The van der Waals surface area contributed by atoms with Crippen molar-refractivity contribution in [1.82, 2.24) is 0 Å². The van der Waals surface area contributed by atoms with Gasteiger partial charge in [0.25, 0.3) is 5.91 Å². The van der Waals surface area contributed by atoms with E-state index in [0.29, 0.717) is 27.9 Å². The molecule has 0 aromatic heterocycles. The standard InChI is InChI=1S/C18H15ClN2O5S/c1-25-14-4-3-11(7-12(14)19)20-16(22)8-26-18(24)10-2-5-15-13(6-10)21-17(23)9-27-15/h2-7H,8-9H2,1H3,(H,20,22)(H,21,23). The number of carbonyl (C=O) groups excluding carboxylic acids is 3. The third kappa shape index (κ3) is 4.72. The second kappa shape index (κ2) is 8.32. The lowest BCUT2D eigenvalue weighted by Crippen LogP contribution is -2.22. The van der Waals surface area contributed by atoms with Crippen LogP contribution < -0.4 is 15.4 Å². The molecule has 1 heterocycles. The molecule has 2 amide bonds. The van der Waals surface area contributed by atoms with Gasteiger partial charge in [0.2, 0.25) is 5.91 Å². The number of hydrogen-bond donors (Lipinski definition) is 2. The van der Waals surface area contributed by atoms with Gasteiger partial charge in [-0.15, -0.1) is 11.8 Å². The Hall–Kier alpha value is -2.71. The van der Waals surface area contributed by atoms with Crippen LogP contribution in [0.5, 0.6) is 5.75 Å². The molecule has 0 radical (unpaired) electrons. The lowest BCUT2D eigenvalue weighted by Gasteiger charge is -2.16. The summed E-state index contributed by atoms with van der Waals surface area (Å²) in [5.41, 5.74) is 1.26. The Morgan fingerprint density at radius 2 is 2.07 bits per heavy atom. The Kier molecular flexibility index (Phi) is 5.88. The maximum atomic E-state index is 12.1. The average Bonchev–Trinajstić information content (AvgIpc) is 2.65. The van der Waals surface area contributed by atoms with Crippen LogP contribution in [-0.4, -0.2) is 37.3 Å². The Bertz CT molecular complexity index is 919. The molecule has 0 aliphatic carbocycles. The first-order valence-corrected chi connectivity index (χ1v) is 9.20. The van der Waals surface area contributed by atoms with E-state index >= 15 is 0 Å². The molecule has 0 fully saturated rings. The van der Waals surface area contributed by atoms with Gasteiger partial charge in [-0.1, -0.05) is 11.6 Å². The van der Waals surface area contributed by atoms with Crippen LogP contribution in [0.15, 0.2) is 41.3 Å². The second-order valence-corrected chi connectivity index (χ2v) is 6.95. The molecular weight excluding hydrogens is 392 g/mol. The maximum absolute atomic E-state index is 12.1. The number of benzene rings is 2. The van der Waals surface area contributed by atoms with E-state index in [4.69, 9.17) is 21.1 Å². The van der Waals surface area contributed by atoms with Crippen molar-refractivity contribution in [3.05, 3.63) is 47.0 Å². The number of ether oxygens (including phenoxy) is 2. The lowest BCUT2D eigenvalue weighted by molar-refractivity contribution is -0.119. The zero-order valence-corrected chi connectivity index (χ0v) is 15.8. The molecule has 0 atom stereocenters. The number of esters is 1. The Balaban J connectivity index is 1.57. The molecule has 2 N–H and O–H groups in total. The van der Waals surface area contributed by atoms with Gasteiger partial charge in [-0.3, -0.25) is 9.59 Å². The third-order valence-electron chi connectivity index (χ3n) is 3.62. The highest BCUT2D eigenvalue weighted by Crippen LogP contribution is 2.32.